The van der Waals surface area contributed by atoms with E-state index in [4.69, 9.17) is 5.73 Å². The Kier molecular flexibility index (Phi) is 5.04. The summed E-state index contributed by atoms with van der Waals surface area (Å²) in [5, 5.41) is 0. The van der Waals surface area contributed by atoms with Crippen molar-refractivity contribution in [3.05, 3.63) is 21.9 Å². The molecule has 2 N–H and O–H groups in total. The third-order valence-electron chi connectivity index (χ3n) is 4.55. The zero-order valence-corrected chi connectivity index (χ0v) is 13.5. The van der Waals surface area contributed by atoms with Gasteiger partial charge in [0.05, 0.1) is 6.04 Å². The van der Waals surface area contributed by atoms with E-state index < -0.39 is 0 Å². The van der Waals surface area contributed by atoms with Gasteiger partial charge in [-0.2, -0.15) is 0 Å². The van der Waals surface area contributed by atoms with Crippen molar-refractivity contribution in [2.24, 2.45) is 11.7 Å². The molecule has 0 bridgehead atoms. The fraction of sp³-hybridized carbons (Fsp3) is 0.750. The number of nitrogens with two attached hydrogens (primary N) is 1. The fourth-order valence-corrected chi connectivity index (χ4v) is 4.47. The molecule has 0 aliphatic heterocycles. The third kappa shape index (κ3) is 3.59. The van der Waals surface area contributed by atoms with Gasteiger partial charge < -0.3 is 5.73 Å². The van der Waals surface area contributed by atoms with Crippen molar-refractivity contribution < 1.29 is 0 Å². The van der Waals surface area contributed by atoms with Crippen LogP contribution < -0.4 is 5.73 Å². The van der Waals surface area contributed by atoms with Gasteiger partial charge in [-0.1, -0.05) is 6.92 Å². The van der Waals surface area contributed by atoms with E-state index in [-0.39, 0.29) is 6.04 Å². The van der Waals surface area contributed by atoms with Crippen LogP contribution in [0.4, 0.5) is 0 Å². The van der Waals surface area contributed by atoms with Crippen LogP contribution in [0.1, 0.15) is 55.3 Å². The van der Waals surface area contributed by atoms with E-state index >= 15 is 0 Å². The summed E-state index contributed by atoms with van der Waals surface area (Å²) in [6.07, 6.45) is 5.38. The SMILES string of the molecule is Cc1ccc(C(C(C)N)N(C)C2CCC(C)CC2)s1. The molecule has 1 aromatic rings. The second-order valence-electron chi connectivity index (χ2n) is 6.33. The summed E-state index contributed by atoms with van der Waals surface area (Å²) >= 11 is 1.90. The summed E-state index contributed by atoms with van der Waals surface area (Å²) in [5.74, 6) is 0.905. The van der Waals surface area contributed by atoms with Crippen molar-refractivity contribution in [1.29, 1.82) is 0 Å². The summed E-state index contributed by atoms with van der Waals surface area (Å²) in [5.41, 5.74) is 6.28. The van der Waals surface area contributed by atoms with Gasteiger partial charge in [-0.25, -0.2) is 0 Å². The first-order valence-electron chi connectivity index (χ1n) is 7.53. The van der Waals surface area contributed by atoms with Crippen molar-refractivity contribution >= 4 is 11.3 Å². The van der Waals surface area contributed by atoms with Crippen LogP contribution in [0.3, 0.4) is 0 Å². The number of hydrogen-bond donors (Lipinski definition) is 1. The lowest BCUT2D eigenvalue weighted by Crippen LogP contribution is -2.43. The van der Waals surface area contributed by atoms with Crippen LogP contribution in [-0.2, 0) is 0 Å². The highest BCUT2D eigenvalue weighted by atomic mass is 32.1. The van der Waals surface area contributed by atoms with E-state index in [9.17, 15) is 0 Å². The maximum absolute atomic E-state index is 6.28. The minimum Gasteiger partial charge on any atom is -0.326 e. The maximum atomic E-state index is 6.28. The lowest BCUT2D eigenvalue weighted by Gasteiger charge is -2.39. The summed E-state index contributed by atoms with van der Waals surface area (Å²) in [6, 6.07) is 5.73. The largest absolute Gasteiger partial charge is 0.326 e. The standard InChI is InChI=1S/C16H28N2S/c1-11-5-8-14(9-6-11)18(4)16(13(3)17)15-10-7-12(2)19-15/h7,10-11,13-14,16H,5-6,8-9,17H2,1-4H3. The maximum Gasteiger partial charge on any atom is 0.0590 e. The Morgan fingerprint density at radius 2 is 1.89 bits per heavy atom. The molecule has 2 atom stereocenters. The van der Waals surface area contributed by atoms with E-state index in [2.05, 4.69) is 44.9 Å². The van der Waals surface area contributed by atoms with Crippen molar-refractivity contribution in [3.8, 4) is 0 Å². The molecule has 1 saturated carbocycles. The van der Waals surface area contributed by atoms with Gasteiger partial charge in [0.15, 0.2) is 0 Å². The molecule has 1 fully saturated rings. The van der Waals surface area contributed by atoms with Crippen LogP contribution in [0, 0.1) is 12.8 Å². The van der Waals surface area contributed by atoms with Gasteiger partial charge in [0.1, 0.15) is 0 Å². The minimum absolute atomic E-state index is 0.183. The third-order valence-corrected chi connectivity index (χ3v) is 5.62. The molecule has 108 valence electrons. The monoisotopic (exact) mass is 280 g/mol. The molecule has 1 heterocycles. The lowest BCUT2D eigenvalue weighted by molar-refractivity contribution is 0.113. The zero-order chi connectivity index (χ0) is 14.0. The zero-order valence-electron chi connectivity index (χ0n) is 12.7. The predicted octanol–water partition coefficient (Wildman–Crippen LogP) is 3.96. The Morgan fingerprint density at radius 3 is 2.37 bits per heavy atom. The van der Waals surface area contributed by atoms with E-state index in [0.717, 1.165) is 5.92 Å². The molecule has 1 aliphatic carbocycles. The minimum atomic E-state index is 0.183. The highest BCUT2D eigenvalue weighted by molar-refractivity contribution is 7.12. The van der Waals surface area contributed by atoms with Gasteiger partial charge in [0.2, 0.25) is 0 Å². The average molecular weight is 280 g/mol. The second kappa shape index (κ2) is 6.38. The second-order valence-corrected chi connectivity index (χ2v) is 7.65. The van der Waals surface area contributed by atoms with Crippen LogP contribution >= 0.6 is 11.3 Å². The fourth-order valence-electron chi connectivity index (χ4n) is 3.32. The molecule has 0 radical (unpaired) electrons. The highest BCUT2D eigenvalue weighted by Crippen LogP contribution is 2.34. The van der Waals surface area contributed by atoms with Crippen LogP contribution in [0.2, 0.25) is 0 Å². The summed E-state index contributed by atoms with van der Waals surface area (Å²) in [7, 11) is 2.27. The van der Waals surface area contributed by atoms with Crippen LogP contribution in [0.25, 0.3) is 0 Å². The van der Waals surface area contributed by atoms with Gasteiger partial charge in [-0.15, -0.1) is 11.3 Å². The Bertz CT molecular complexity index is 391. The first-order chi connectivity index (χ1) is 8.99. The average Bonchev–Trinajstić information content (AvgIpc) is 2.76. The molecule has 1 aromatic heterocycles. The Balaban J connectivity index is 2.10. The Labute approximate surface area is 122 Å². The molecule has 0 saturated heterocycles. The van der Waals surface area contributed by atoms with E-state index in [1.165, 1.54) is 35.4 Å². The topological polar surface area (TPSA) is 29.3 Å². The molecule has 1 aliphatic rings. The molecule has 0 aromatic carbocycles. The first-order valence-corrected chi connectivity index (χ1v) is 8.34. The Morgan fingerprint density at radius 1 is 1.26 bits per heavy atom. The van der Waals surface area contributed by atoms with Crippen LogP contribution in [-0.4, -0.2) is 24.0 Å². The quantitative estimate of drug-likeness (QED) is 0.904. The molecule has 0 spiro atoms. The molecule has 2 rings (SSSR count). The van der Waals surface area contributed by atoms with Gasteiger partial charge in [0, 0.05) is 21.8 Å². The van der Waals surface area contributed by atoms with Crippen molar-refractivity contribution in [1.82, 2.24) is 4.90 Å². The summed E-state index contributed by atoms with van der Waals surface area (Å²) < 4.78 is 0. The van der Waals surface area contributed by atoms with Crippen LogP contribution in [0.15, 0.2) is 12.1 Å². The van der Waals surface area contributed by atoms with Gasteiger partial charge in [-0.05, 0) is 64.6 Å². The van der Waals surface area contributed by atoms with Gasteiger partial charge >= 0.3 is 0 Å². The number of thiophene rings is 1. The van der Waals surface area contributed by atoms with Crippen molar-refractivity contribution in [2.75, 3.05) is 7.05 Å². The van der Waals surface area contributed by atoms with E-state index in [1.54, 1.807) is 0 Å². The number of likely N-dealkylation sites (N-methyl/N-ethyl adjacent to an activating group) is 1. The molecule has 2 unspecified atom stereocenters. The number of rotatable bonds is 4. The number of hydrogen-bond acceptors (Lipinski definition) is 3. The van der Waals surface area contributed by atoms with Gasteiger partial charge in [0.25, 0.3) is 0 Å². The van der Waals surface area contributed by atoms with E-state index in [1.807, 2.05) is 11.3 Å². The van der Waals surface area contributed by atoms with Gasteiger partial charge in [-0.3, -0.25) is 4.90 Å². The molecule has 3 heteroatoms. The highest BCUT2D eigenvalue weighted by Gasteiger charge is 2.30. The molecular formula is C16H28N2S. The summed E-state index contributed by atoms with van der Waals surface area (Å²) in [6.45, 7) is 6.69. The lowest BCUT2D eigenvalue weighted by atomic mass is 9.86. The molecular weight excluding hydrogens is 252 g/mol. The van der Waals surface area contributed by atoms with Crippen LogP contribution in [0.5, 0.6) is 0 Å². The van der Waals surface area contributed by atoms with E-state index in [0.29, 0.717) is 12.1 Å². The van der Waals surface area contributed by atoms with Crippen molar-refractivity contribution in [2.45, 2.75) is 64.6 Å². The van der Waals surface area contributed by atoms with Crippen molar-refractivity contribution in [3.63, 3.8) is 0 Å². The normalized spacial score (nSPS) is 27.5. The number of nitrogens with zero attached hydrogens (tertiary/aromatic N) is 1. The molecule has 2 nitrogen and oxygen atoms in total. The Hall–Kier alpha value is -0.380. The first kappa shape index (κ1) is 15.0. The number of aryl methyl sites for hydroxylation is 1. The molecule has 19 heavy (non-hydrogen) atoms. The predicted molar refractivity (Wildman–Crippen MR) is 84.6 cm³/mol. The summed E-state index contributed by atoms with van der Waals surface area (Å²) in [4.78, 5) is 5.35. The molecule has 0 amide bonds. The smallest absolute Gasteiger partial charge is 0.0590 e.